The lowest BCUT2D eigenvalue weighted by atomic mass is 10.3. The molecule has 1 aliphatic rings. The Hall–Kier alpha value is 0.200. The zero-order valence-electron chi connectivity index (χ0n) is 7.83. The molecule has 0 radical (unpaired) electrons. The van der Waals surface area contributed by atoms with Crippen molar-refractivity contribution in [2.45, 2.75) is 6.54 Å². The Morgan fingerprint density at radius 3 is 2.71 bits per heavy atom. The fourth-order valence-electron chi connectivity index (χ4n) is 1.54. The van der Waals surface area contributed by atoms with Crippen LogP contribution in [0.1, 0.15) is 5.56 Å². The maximum absolute atomic E-state index is 6.04. The molecule has 0 atom stereocenters. The SMILES string of the molecule is Cl.Clc1sccc1CN1CCNCC1. The van der Waals surface area contributed by atoms with Gasteiger partial charge in [-0.25, -0.2) is 0 Å². The molecular weight excluding hydrogens is 239 g/mol. The van der Waals surface area contributed by atoms with E-state index in [0.717, 1.165) is 37.1 Å². The predicted molar refractivity (Wildman–Crippen MR) is 64.7 cm³/mol. The van der Waals surface area contributed by atoms with Crippen molar-refractivity contribution in [1.29, 1.82) is 0 Å². The molecular formula is C9H14Cl2N2S. The van der Waals surface area contributed by atoms with Gasteiger partial charge in [-0.05, 0) is 17.0 Å². The van der Waals surface area contributed by atoms with Gasteiger partial charge < -0.3 is 5.32 Å². The average molecular weight is 253 g/mol. The highest BCUT2D eigenvalue weighted by atomic mass is 35.5. The molecule has 0 saturated carbocycles. The first-order chi connectivity index (χ1) is 6.36. The first-order valence-electron chi connectivity index (χ1n) is 4.51. The Kier molecular flexibility index (Phi) is 5.20. The third-order valence-corrected chi connectivity index (χ3v) is 3.55. The van der Waals surface area contributed by atoms with Gasteiger partial charge in [-0.3, -0.25) is 4.90 Å². The van der Waals surface area contributed by atoms with E-state index < -0.39 is 0 Å². The summed E-state index contributed by atoms with van der Waals surface area (Å²) in [6.07, 6.45) is 0. The topological polar surface area (TPSA) is 15.3 Å². The van der Waals surface area contributed by atoms with Crippen LogP contribution in [0.25, 0.3) is 0 Å². The summed E-state index contributed by atoms with van der Waals surface area (Å²) in [5, 5.41) is 5.39. The lowest BCUT2D eigenvalue weighted by Gasteiger charge is -2.26. The van der Waals surface area contributed by atoms with Gasteiger partial charge in [0.25, 0.3) is 0 Å². The van der Waals surface area contributed by atoms with Crippen LogP contribution in [-0.2, 0) is 6.54 Å². The van der Waals surface area contributed by atoms with Gasteiger partial charge in [0.15, 0.2) is 0 Å². The standard InChI is InChI=1S/C9H13ClN2S.ClH/c10-9-8(1-6-13-9)7-12-4-2-11-3-5-12;/h1,6,11H,2-5,7H2;1H. The number of hydrogen-bond donors (Lipinski definition) is 1. The van der Waals surface area contributed by atoms with E-state index in [4.69, 9.17) is 11.6 Å². The van der Waals surface area contributed by atoms with Crippen molar-refractivity contribution in [2.24, 2.45) is 0 Å². The van der Waals surface area contributed by atoms with E-state index in [1.165, 1.54) is 5.56 Å². The molecule has 1 aromatic rings. The number of rotatable bonds is 2. The van der Waals surface area contributed by atoms with Crippen LogP contribution in [0.5, 0.6) is 0 Å². The van der Waals surface area contributed by atoms with Crippen LogP contribution >= 0.6 is 35.3 Å². The summed E-state index contributed by atoms with van der Waals surface area (Å²) in [7, 11) is 0. The number of hydrogen-bond acceptors (Lipinski definition) is 3. The van der Waals surface area contributed by atoms with Crippen molar-refractivity contribution in [3.05, 3.63) is 21.3 Å². The predicted octanol–water partition coefficient (Wildman–Crippen LogP) is 2.23. The van der Waals surface area contributed by atoms with Crippen molar-refractivity contribution in [1.82, 2.24) is 10.2 Å². The molecule has 80 valence electrons. The Bertz CT molecular complexity index is 272. The van der Waals surface area contributed by atoms with Crippen molar-refractivity contribution in [3.8, 4) is 0 Å². The number of thiophene rings is 1. The minimum atomic E-state index is 0. The van der Waals surface area contributed by atoms with Crippen molar-refractivity contribution >= 4 is 35.3 Å². The zero-order valence-corrected chi connectivity index (χ0v) is 10.2. The highest BCUT2D eigenvalue weighted by molar-refractivity contribution is 7.14. The smallest absolute Gasteiger partial charge is 0.0973 e. The van der Waals surface area contributed by atoms with E-state index in [2.05, 4.69) is 21.7 Å². The van der Waals surface area contributed by atoms with E-state index in [1.807, 2.05) is 0 Å². The fraction of sp³-hybridized carbons (Fsp3) is 0.556. The molecule has 0 spiro atoms. The molecule has 0 unspecified atom stereocenters. The van der Waals surface area contributed by atoms with Gasteiger partial charge in [-0.1, -0.05) is 11.6 Å². The van der Waals surface area contributed by atoms with Gasteiger partial charge in [0.2, 0.25) is 0 Å². The summed E-state index contributed by atoms with van der Waals surface area (Å²) in [4.78, 5) is 2.43. The molecule has 1 N–H and O–H groups in total. The molecule has 1 aliphatic heterocycles. The van der Waals surface area contributed by atoms with E-state index in [-0.39, 0.29) is 12.4 Å². The van der Waals surface area contributed by atoms with E-state index in [1.54, 1.807) is 11.3 Å². The molecule has 2 nitrogen and oxygen atoms in total. The normalized spacial score (nSPS) is 17.8. The van der Waals surface area contributed by atoms with Gasteiger partial charge in [0.1, 0.15) is 0 Å². The molecule has 1 fully saturated rings. The van der Waals surface area contributed by atoms with Crippen LogP contribution in [0.2, 0.25) is 4.34 Å². The largest absolute Gasteiger partial charge is 0.314 e. The third kappa shape index (κ3) is 3.11. The second-order valence-corrected chi connectivity index (χ2v) is 4.76. The third-order valence-electron chi connectivity index (χ3n) is 2.30. The van der Waals surface area contributed by atoms with E-state index >= 15 is 0 Å². The Balaban J connectivity index is 0.000000980. The highest BCUT2D eigenvalue weighted by Gasteiger charge is 2.11. The van der Waals surface area contributed by atoms with Crippen molar-refractivity contribution in [2.75, 3.05) is 26.2 Å². The number of piperazine rings is 1. The van der Waals surface area contributed by atoms with Gasteiger partial charge >= 0.3 is 0 Å². The second-order valence-electron chi connectivity index (χ2n) is 3.25. The summed E-state index contributed by atoms with van der Waals surface area (Å²) >= 11 is 7.65. The molecule has 5 heteroatoms. The van der Waals surface area contributed by atoms with Gasteiger partial charge in [-0.15, -0.1) is 23.7 Å². The first-order valence-corrected chi connectivity index (χ1v) is 5.77. The van der Waals surface area contributed by atoms with Crippen molar-refractivity contribution in [3.63, 3.8) is 0 Å². The Morgan fingerprint density at radius 1 is 1.43 bits per heavy atom. The van der Waals surface area contributed by atoms with Crippen molar-refractivity contribution < 1.29 is 0 Å². The maximum Gasteiger partial charge on any atom is 0.0973 e. The molecule has 14 heavy (non-hydrogen) atoms. The minimum absolute atomic E-state index is 0. The van der Waals surface area contributed by atoms with Crippen LogP contribution in [-0.4, -0.2) is 31.1 Å². The lowest BCUT2D eigenvalue weighted by Crippen LogP contribution is -2.42. The summed E-state index contributed by atoms with van der Waals surface area (Å²) in [6.45, 7) is 5.46. The minimum Gasteiger partial charge on any atom is -0.314 e. The quantitative estimate of drug-likeness (QED) is 0.869. The van der Waals surface area contributed by atoms with E-state index in [9.17, 15) is 0 Å². The molecule has 1 saturated heterocycles. The highest BCUT2D eigenvalue weighted by Crippen LogP contribution is 2.23. The molecule has 2 rings (SSSR count). The maximum atomic E-state index is 6.04. The molecule has 2 heterocycles. The van der Waals surface area contributed by atoms with Gasteiger partial charge in [0.05, 0.1) is 4.34 Å². The number of nitrogens with one attached hydrogen (secondary N) is 1. The van der Waals surface area contributed by atoms with Crippen LogP contribution in [0.4, 0.5) is 0 Å². The van der Waals surface area contributed by atoms with Gasteiger partial charge in [-0.2, -0.15) is 0 Å². The number of halogens is 2. The molecule has 0 aromatic carbocycles. The molecule has 0 bridgehead atoms. The average Bonchev–Trinajstić information content (AvgIpc) is 2.54. The van der Waals surface area contributed by atoms with Crippen LogP contribution in [0, 0.1) is 0 Å². The lowest BCUT2D eigenvalue weighted by molar-refractivity contribution is 0.233. The Morgan fingerprint density at radius 2 is 2.14 bits per heavy atom. The monoisotopic (exact) mass is 252 g/mol. The molecule has 0 amide bonds. The molecule has 1 aromatic heterocycles. The number of nitrogens with zero attached hydrogens (tertiary/aromatic N) is 1. The molecule has 0 aliphatic carbocycles. The summed E-state index contributed by atoms with van der Waals surface area (Å²) in [5.41, 5.74) is 1.27. The second kappa shape index (κ2) is 5.93. The zero-order chi connectivity index (χ0) is 9.10. The summed E-state index contributed by atoms with van der Waals surface area (Å²) in [6, 6.07) is 2.12. The Labute approximate surface area is 99.7 Å². The van der Waals surface area contributed by atoms with Crippen LogP contribution in [0.15, 0.2) is 11.4 Å². The summed E-state index contributed by atoms with van der Waals surface area (Å²) < 4.78 is 0.943. The van der Waals surface area contributed by atoms with Gasteiger partial charge in [0, 0.05) is 32.7 Å². The summed E-state index contributed by atoms with van der Waals surface area (Å²) in [5.74, 6) is 0. The van der Waals surface area contributed by atoms with Crippen LogP contribution < -0.4 is 5.32 Å². The first kappa shape index (κ1) is 12.3. The van der Waals surface area contributed by atoms with Crippen LogP contribution in [0.3, 0.4) is 0 Å². The fourth-order valence-corrected chi connectivity index (χ4v) is 2.45. The van der Waals surface area contributed by atoms with E-state index in [0.29, 0.717) is 0 Å².